The van der Waals surface area contributed by atoms with E-state index in [0.29, 0.717) is 34.8 Å². The number of hydrogen-bond acceptors (Lipinski definition) is 3. The van der Waals surface area contributed by atoms with Crippen molar-refractivity contribution in [2.24, 2.45) is 5.92 Å². The number of nitrogens with zero attached hydrogens (tertiary/aromatic N) is 1. The number of benzene rings is 2. The molecular formula is C24H30Cl2N2O2S. The molecule has 0 radical (unpaired) electrons. The lowest BCUT2D eigenvalue weighted by atomic mass is 10.1. The van der Waals surface area contributed by atoms with Crippen LogP contribution in [0.15, 0.2) is 42.5 Å². The highest BCUT2D eigenvalue weighted by atomic mass is 35.5. The molecule has 2 aromatic carbocycles. The largest absolute Gasteiger partial charge is 0.354 e. The van der Waals surface area contributed by atoms with Gasteiger partial charge in [-0.25, -0.2) is 0 Å². The Balaban J connectivity index is 2.07. The normalized spacial score (nSPS) is 12.0. The van der Waals surface area contributed by atoms with Crippen LogP contribution in [-0.4, -0.2) is 35.1 Å². The van der Waals surface area contributed by atoms with Crippen molar-refractivity contribution in [2.45, 2.75) is 46.0 Å². The third-order valence-corrected chi connectivity index (χ3v) is 6.49. The number of thioether (sulfide) groups is 1. The van der Waals surface area contributed by atoms with Gasteiger partial charge in [0.15, 0.2) is 0 Å². The molecular weight excluding hydrogens is 451 g/mol. The van der Waals surface area contributed by atoms with Crippen LogP contribution in [0, 0.1) is 12.8 Å². The molecule has 0 saturated heterocycles. The highest BCUT2D eigenvalue weighted by molar-refractivity contribution is 7.99. The van der Waals surface area contributed by atoms with Crippen LogP contribution in [0.1, 0.15) is 37.5 Å². The lowest BCUT2D eigenvalue weighted by Gasteiger charge is -2.29. The molecule has 0 aliphatic carbocycles. The predicted molar refractivity (Wildman–Crippen MR) is 132 cm³/mol. The summed E-state index contributed by atoms with van der Waals surface area (Å²) in [6.45, 7) is 8.86. The molecule has 0 saturated carbocycles. The van der Waals surface area contributed by atoms with Crippen LogP contribution >= 0.6 is 35.0 Å². The van der Waals surface area contributed by atoms with E-state index in [9.17, 15) is 9.59 Å². The summed E-state index contributed by atoms with van der Waals surface area (Å²) in [4.78, 5) is 27.4. The number of hydrogen-bond donors (Lipinski definition) is 1. The van der Waals surface area contributed by atoms with Gasteiger partial charge in [0.25, 0.3) is 0 Å². The summed E-state index contributed by atoms with van der Waals surface area (Å²) in [7, 11) is 0. The first-order valence-corrected chi connectivity index (χ1v) is 12.2. The van der Waals surface area contributed by atoms with Crippen molar-refractivity contribution in [2.75, 3.05) is 12.3 Å². The second-order valence-corrected chi connectivity index (χ2v) is 9.87. The second kappa shape index (κ2) is 12.4. The van der Waals surface area contributed by atoms with E-state index in [1.54, 1.807) is 17.9 Å². The Labute approximate surface area is 199 Å². The van der Waals surface area contributed by atoms with E-state index in [0.717, 1.165) is 16.7 Å². The van der Waals surface area contributed by atoms with Gasteiger partial charge in [-0.05, 0) is 43.0 Å². The fraction of sp³-hybridized carbons (Fsp3) is 0.417. The Morgan fingerprint density at radius 3 is 2.42 bits per heavy atom. The first-order chi connectivity index (χ1) is 14.7. The zero-order valence-electron chi connectivity index (χ0n) is 18.5. The van der Waals surface area contributed by atoms with Gasteiger partial charge in [0.05, 0.1) is 15.8 Å². The average molecular weight is 481 g/mol. The third-order valence-electron chi connectivity index (χ3n) is 4.77. The number of halogens is 2. The number of amides is 2. The monoisotopic (exact) mass is 480 g/mol. The molecule has 0 heterocycles. The van der Waals surface area contributed by atoms with Crippen molar-refractivity contribution in [3.63, 3.8) is 0 Å². The Hall–Kier alpha value is -1.69. The number of carbonyl (C=O) groups excluding carboxylic acids is 2. The summed E-state index contributed by atoms with van der Waals surface area (Å²) in [5.41, 5.74) is 3.13. The summed E-state index contributed by atoms with van der Waals surface area (Å²) < 4.78 is 0. The van der Waals surface area contributed by atoms with Crippen molar-refractivity contribution in [1.82, 2.24) is 10.2 Å². The van der Waals surface area contributed by atoms with Crippen molar-refractivity contribution in [3.8, 4) is 0 Å². The highest BCUT2D eigenvalue weighted by Crippen LogP contribution is 2.25. The van der Waals surface area contributed by atoms with E-state index >= 15 is 0 Å². The Morgan fingerprint density at radius 1 is 1.03 bits per heavy atom. The third kappa shape index (κ3) is 8.40. The number of rotatable bonds is 10. The summed E-state index contributed by atoms with van der Waals surface area (Å²) in [5, 5.41) is 3.95. The van der Waals surface area contributed by atoms with Gasteiger partial charge in [-0.3, -0.25) is 9.59 Å². The molecule has 1 unspecified atom stereocenters. The van der Waals surface area contributed by atoms with E-state index < -0.39 is 6.04 Å². The smallest absolute Gasteiger partial charge is 0.242 e. The van der Waals surface area contributed by atoms with E-state index in [1.807, 2.05) is 57.2 Å². The predicted octanol–water partition coefficient (Wildman–Crippen LogP) is 5.72. The van der Waals surface area contributed by atoms with Crippen LogP contribution in [0.4, 0.5) is 0 Å². The number of nitrogens with one attached hydrogen (secondary N) is 1. The lowest BCUT2D eigenvalue weighted by molar-refractivity contribution is -0.138. The van der Waals surface area contributed by atoms with E-state index in [1.165, 1.54) is 11.8 Å². The minimum absolute atomic E-state index is 0.0706. The Kier molecular flexibility index (Phi) is 10.2. The summed E-state index contributed by atoms with van der Waals surface area (Å²) in [5.74, 6) is 1.05. The second-order valence-electron chi connectivity index (χ2n) is 8.07. The summed E-state index contributed by atoms with van der Waals surface area (Å²) in [6.07, 6.45) is 0. The average Bonchev–Trinajstić information content (AvgIpc) is 2.72. The maximum Gasteiger partial charge on any atom is 0.242 e. The maximum absolute atomic E-state index is 13.1. The quantitative estimate of drug-likeness (QED) is 0.472. The van der Waals surface area contributed by atoms with Gasteiger partial charge in [0.1, 0.15) is 6.04 Å². The molecule has 0 aromatic heterocycles. The van der Waals surface area contributed by atoms with Gasteiger partial charge < -0.3 is 10.2 Å². The molecule has 168 valence electrons. The minimum atomic E-state index is -0.558. The van der Waals surface area contributed by atoms with E-state index in [4.69, 9.17) is 23.2 Å². The van der Waals surface area contributed by atoms with Gasteiger partial charge in [-0.1, -0.05) is 72.9 Å². The van der Waals surface area contributed by atoms with Crippen LogP contribution in [0.3, 0.4) is 0 Å². The minimum Gasteiger partial charge on any atom is -0.354 e. The molecule has 1 N–H and O–H groups in total. The van der Waals surface area contributed by atoms with Gasteiger partial charge >= 0.3 is 0 Å². The molecule has 2 aromatic rings. The van der Waals surface area contributed by atoms with Gasteiger partial charge in [0.2, 0.25) is 11.8 Å². The van der Waals surface area contributed by atoms with Gasteiger partial charge in [-0.2, -0.15) is 0 Å². The van der Waals surface area contributed by atoms with Crippen molar-refractivity contribution in [3.05, 3.63) is 69.2 Å². The molecule has 0 aliphatic heterocycles. The van der Waals surface area contributed by atoms with Crippen molar-refractivity contribution < 1.29 is 9.59 Å². The Morgan fingerprint density at radius 2 is 1.77 bits per heavy atom. The zero-order valence-corrected chi connectivity index (χ0v) is 20.8. The molecule has 0 bridgehead atoms. The fourth-order valence-electron chi connectivity index (χ4n) is 3.01. The molecule has 0 fully saturated rings. The summed E-state index contributed by atoms with van der Waals surface area (Å²) in [6, 6.07) is 12.9. The standard InChI is InChI=1S/C24H30Cl2N2O2S/c1-16(2)12-27-24(30)18(4)28(13-19-7-5-6-17(3)10-19)23(29)15-31-14-20-8-9-21(25)22(26)11-20/h5-11,16,18H,12-15H2,1-4H3,(H,27,30). The first-order valence-electron chi connectivity index (χ1n) is 10.3. The summed E-state index contributed by atoms with van der Waals surface area (Å²) >= 11 is 13.5. The SMILES string of the molecule is Cc1cccc(CN(C(=O)CSCc2ccc(Cl)c(Cl)c2)C(C)C(=O)NCC(C)C)c1. The van der Waals surface area contributed by atoms with Crippen LogP contribution < -0.4 is 5.32 Å². The first kappa shape index (κ1) is 25.6. The van der Waals surface area contributed by atoms with Gasteiger partial charge in [-0.15, -0.1) is 11.8 Å². The fourth-order valence-corrected chi connectivity index (χ4v) is 4.19. The molecule has 0 spiro atoms. The van der Waals surface area contributed by atoms with Crippen LogP contribution in [0.5, 0.6) is 0 Å². The molecule has 2 amide bonds. The van der Waals surface area contributed by atoms with E-state index in [2.05, 4.69) is 5.32 Å². The number of carbonyl (C=O) groups is 2. The topological polar surface area (TPSA) is 49.4 Å². The highest BCUT2D eigenvalue weighted by Gasteiger charge is 2.26. The van der Waals surface area contributed by atoms with Crippen molar-refractivity contribution >= 4 is 46.8 Å². The number of aryl methyl sites for hydroxylation is 1. The molecule has 2 rings (SSSR count). The van der Waals surface area contributed by atoms with Crippen LogP contribution in [0.25, 0.3) is 0 Å². The van der Waals surface area contributed by atoms with Crippen LogP contribution in [-0.2, 0) is 21.9 Å². The van der Waals surface area contributed by atoms with Crippen LogP contribution in [0.2, 0.25) is 10.0 Å². The Bertz CT molecular complexity index is 905. The molecule has 1 atom stereocenters. The zero-order chi connectivity index (χ0) is 23.0. The molecule has 31 heavy (non-hydrogen) atoms. The lowest BCUT2D eigenvalue weighted by Crippen LogP contribution is -2.48. The molecule has 7 heteroatoms. The maximum atomic E-state index is 13.1. The molecule has 4 nitrogen and oxygen atoms in total. The molecule has 0 aliphatic rings. The van der Waals surface area contributed by atoms with E-state index in [-0.39, 0.29) is 17.6 Å². The van der Waals surface area contributed by atoms with Gasteiger partial charge in [0, 0.05) is 18.8 Å². The van der Waals surface area contributed by atoms with Crippen molar-refractivity contribution in [1.29, 1.82) is 0 Å².